The summed E-state index contributed by atoms with van der Waals surface area (Å²) in [6, 6.07) is 7.89. The van der Waals surface area contributed by atoms with Crippen molar-refractivity contribution in [2.75, 3.05) is 46.3 Å². The van der Waals surface area contributed by atoms with Crippen molar-refractivity contribution in [1.29, 1.82) is 0 Å². The van der Waals surface area contributed by atoms with Crippen LogP contribution in [0.2, 0.25) is 0 Å². The van der Waals surface area contributed by atoms with Gasteiger partial charge < -0.3 is 20.1 Å². The van der Waals surface area contributed by atoms with Gasteiger partial charge in [-0.25, -0.2) is 0 Å². The van der Waals surface area contributed by atoms with Crippen LogP contribution in [-0.2, 0) is 4.79 Å². The van der Waals surface area contributed by atoms with Crippen molar-refractivity contribution in [2.45, 2.75) is 63.5 Å². The summed E-state index contributed by atoms with van der Waals surface area (Å²) < 4.78 is 0. The molecule has 0 bridgehead atoms. The van der Waals surface area contributed by atoms with E-state index in [1.807, 2.05) is 35.4 Å². The third-order valence-electron chi connectivity index (χ3n) is 8.54. The van der Waals surface area contributed by atoms with Gasteiger partial charge in [0.25, 0.3) is 5.91 Å². The summed E-state index contributed by atoms with van der Waals surface area (Å²) in [6.07, 6.45) is 11.2. The van der Waals surface area contributed by atoms with Gasteiger partial charge in [0.15, 0.2) is 0 Å². The fourth-order valence-electron chi connectivity index (χ4n) is 6.30. The number of piperazine rings is 1. The van der Waals surface area contributed by atoms with Gasteiger partial charge in [-0.15, -0.1) is 0 Å². The number of aromatic amines is 1. The molecular formula is C28H41N5O2. The topological polar surface area (TPSA) is 71.7 Å². The fourth-order valence-corrected chi connectivity index (χ4v) is 6.30. The highest BCUT2D eigenvalue weighted by atomic mass is 16.2. The quantitative estimate of drug-likeness (QED) is 0.666. The first kappa shape index (κ1) is 24.3. The Kier molecular flexibility index (Phi) is 7.73. The average molecular weight is 480 g/mol. The molecule has 2 aliphatic heterocycles. The number of amides is 2. The second kappa shape index (κ2) is 11.1. The maximum atomic E-state index is 13.7. The predicted octanol–water partition coefficient (Wildman–Crippen LogP) is 3.48. The van der Waals surface area contributed by atoms with Crippen LogP contribution in [0, 0.1) is 5.92 Å². The zero-order valence-corrected chi connectivity index (χ0v) is 21.2. The summed E-state index contributed by atoms with van der Waals surface area (Å²) >= 11 is 0. The van der Waals surface area contributed by atoms with E-state index in [2.05, 4.69) is 27.1 Å². The lowest BCUT2D eigenvalue weighted by Crippen LogP contribution is -2.57. The van der Waals surface area contributed by atoms with Gasteiger partial charge in [0.2, 0.25) is 5.91 Å². The number of aromatic nitrogens is 1. The first-order chi connectivity index (χ1) is 17.1. The van der Waals surface area contributed by atoms with Gasteiger partial charge in [0.05, 0.1) is 0 Å². The number of fused-ring (bicyclic) bond motifs is 1. The minimum atomic E-state index is -0.445. The largest absolute Gasteiger partial charge is 0.361 e. The molecule has 5 rings (SSSR count). The Bertz CT molecular complexity index is 998. The molecule has 2 amide bonds. The Balaban J connectivity index is 1.23. The molecule has 2 aromatic rings. The van der Waals surface area contributed by atoms with E-state index in [0.717, 1.165) is 69.4 Å². The number of hydrogen-bond acceptors (Lipinski definition) is 4. The van der Waals surface area contributed by atoms with E-state index in [4.69, 9.17) is 0 Å². The van der Waals surface area contributed by atoms with Crippen LogP contribution in [0.25, 0.3) is 10.9 Å². The molecule has 1 aliphatic carbocycles. The second-order valence-electron chi connectivity index (χ2n) is 10.9. The Morgan fingerprint density at radius 1 is 0.971 bits per heavy atom. The molecule has 1 aromatic heterocycles. The van der Waals surface area contributed by atoms with E-state index >= 15 is 0 Å². The van der Waals surface area contributed by atoms with Gasteiger partial charge in [-0.3, -0.25) is 14.5 Å². The van der Waals surface area contributed by atoms with Crippen LogP contribution in [-0.4, -0.2) is 89.9 Å². The molecule has 190 valence electrons. The lowest BCUT2D eigenvalue weighted by Gasteiger charge is -2.43. The van der Waals surface area contributed by atoms with E-state index in [1.165, 1.54) is 32.1 Å². The maximum absolute atomic E-state index is 13.7. The molecule has 3 heterocycles. The first-order valence-corrected chi connectivity index (χ1v) is 13.7. The normalized spacial score (nSPS) is 22.4. The summed E-state index contributed by atoms with van der Waals surface area (Å²) in [5.41, 5.74) is 1.55. The predicted molar refractivity (Wildman–Crippen MR) is 139 cm³/mol. The van der Waals surface area contributed by atoms with Crippen LogP contribution >= 0.6 is 0 Å². The number of benzene rings is 1. The summed E-state index contributed by atoms with van der Waals surface area (Å²) in [7, 11) is 2.20. The van der Waals surface area contributed by atoms with Crippen molar-refractivity contribution >= 4 is 22.7 Å². The molecule has 35 heavy (non-hydrogen) atoms. The molecule has 1 aromatic carbocycles. The number of nitrogens with one attached hydrogen (secondary N) is 2. The number of rotatable bonds is 6. The fraction of sp³-hybridized carbons (Fsp3) is 0.643. The van der Waals surface area contributed by atoms with E-state index in [1.54, 1.807) is 0 Å². The minimum absolute atomic E-state index is 0.105. The van der Waals surface area contributed by atoms with Gasteiger partial charge in [-0.2, -0.15) is 0 Å². The van der Waals surface area contributed by atoms with Crippen molar-refractivity contribution in [1.82, 2.24) is 25.0 Å². The monoisotopic (exact) mass is 479 g/mol. The summed E-state index contributed by atoms with van der Waals surface area (Å²) in [6.45, 7) is 5.72. The van der Waals surface area contributed by atoms with Crippen molar-refractivity contribution in [2.24, 2.45) is 5.92 Å². The highest BCUT2D eigenvalue weighted by molar-refractivity contribution is 6.00. The van der Waals surface area contributed by atoms with Gasteiger partial charge >= 0.3 is 0 Å². The molecule has 7 heteroatoms. The number of piperidine rings is 1. The Labute approximate surface area is 209 Å². The molecule has 2 N–H and O–H groups in total. The number of likely N-dealkylation sites (tertiary alicyclic amines) is 1. The lowest BCUT2D eigenvalue weighted by molar-refractivity contribution is -0.136. The Hall–Kier alpha value is -2.38. The molecule has 2 saturated heterocycles. The van der Waals surface area contributed by atoms with Gasteiger partial charge in [-0.05, 0) is 68.9 Å². The first-order valence-electron chi connectivity index (χ1n) is 13.7. The van der Waals surface area contributed by atoms with E-state index in [-0.39, 0.29) is 11.8 Å². The molecular weight excluding hydrogens is 438 g/mol. The van der Waals surface area contributed by atoms with Gasteiger partial charge in [0, 0.05) is 49.5 Å². The molecule has 7 nitrogen and oxygen atoms in total. The third-order valence-corrected chi connectivity index (χ3v) is 8.54. The van der Waals surface area contributed by atoms with Crippen LogP contribution in [0.4, 0.5) is 0 Å². The summed E-state index contributed by atoms with van der Waals surface area (Å²) in [4.78, 5) is 37.1. The van der Waals surface area contributed by atoms with E-state index in [0.29, 0.717) is 17.5 Å². The van der Waals surface area contributed by atoms with Crippen LogP contribution < -0.4 is 5.32 Å². The number of carbonyl (C=O) groups is 2. The lowest BCUT2D eigenvalue weighted by atomic mass is 9.84. The van der Waals surface area contributed by atoms with Gasteiger partial charge in [0.1, 0.15) is 6.04 Å². The number of H-pyrrole nitrogens is 1. The zero-order chi connectivity index (χ0) is 24.2. The van der Waals surface area contributed by atoms with E-state index < -0.39 is 6.04 Å². The SMILES string of the molecule is CN1CCC(N2CCN(C(=O)[C@@H](CC3CCCCC3)NC(=O)c3ccc4cc[nH]c4c3)CC2)CC1. The summed E-state index contributed by atoms with van der Waals surface area (Å²) in [5.74, 6) is 0.470. The number of hydrogen-bond donors (Lipinski definition) is 2. The highest BCUT2D eigenvalue weighted by Gasteiger charge is 2.33. The average Bonchev–Trinajstić information content (AvgIpc) is 3.37. The molecule has 3 fully saturated rings. The van der Waals surface area contributed by atoms with E-state index in [9.17, 15) is 9.59 Å². The Morgan fingerprint density at radius 2 is 1.71 bits per heavy atom. The van der Waals surface area contributed by atoms with Crippen LogP contribution in [0.3, 0.4) is 0 Å². The standard InChI is InChI=1S/C28H41N5O2/c1-31-13-10-24(11-14-31)32-15-17-33(18-16-32)28(35)26(19-21-5-3-2-4-6-21)30-27(34)23-8-7-22-9-12-29-25(22)20-23/h7-9,12,20-21,24,26,29H,2-6,10-11,13-19H2,1H3,(H,30,34)/t26-/m1/s1. The molecule has 1 saturated carbocycles. The zero-order valence-electron chi connectivity index (χ0n) is 21.2. The van der Waals surface area contributed by atoms with Crippen molar-refractivity contribution < 1.29 is 9.59 Å². The molecule has 3 aliphatic rings. The van der Waals surface area contributed by atoms with Crippen molar-refractivity contribution in [3.8, 4) is 0 Å². The smallest absolute Gasteiger partial charge is 0.252 e. The van der Waals surface area contributed by atoms with Crippen molar-refractivity contribution in [3.63, 3.8) is 0 Å². The molecule has 0 spiro atoms. The minimum Gasteiger partial charge on any atom is -0.361 e. The van der Waals surface area contributed by atoms with Crippen molar-refractivity contribution in [3.05, 3.63) is 36.0 Å². The molecule has 1 atom stereocenters. The molecule has 0 unspecified atom stereocenters. The summed E-state index contributed by atoms with van der Waals surface area (Å²) in [5, 5.41) is 4.23. The van der Waals surface area contributed by atoms with Gasteiger partial charge in [-0.1, -0.05) is 38.2 Å². The molecule has 0 radical (unpaired) electrons. The van der Waals surface area contributed by atoms with Crippen LogP contribution in [0.5, 0.6) is 0 Å². The number of nitrogens with zero attached hydrogens (tertiary/aromatic N) is 3. The van der Waals surface area contributed by atoms with Crippen LogP contribution in [0.1, 0.15) is 61.7 Å². The number of carbonyl (C=O) groups excluding carboxylic acids is 2. The maximum Gasteiger partial charge on any atom is 0.252 e. The Morgan fingerprint density at radius 3 is 2.46 bits per heavy atom. The third kappa shape index (κ3) is 5.89. The second-order valence-corrected chi connectivity index (χ2v) is 10.9. The highest BCUT2D eigenvalue weighted by Crippen LogP contribution is 2.28. The van der Waals surface area contributed by atoms with Crippen LogP contribution in [0.15, 0.2) is 30.5 Å².